The zero-order chi connectivity index (χ0) is 24.5. The highest BCUT2D eigenvalue weighted by Gasteiger charge is 2.39. The predicted molar refractivity (Wildman–Crippen MR) is 130 cm³/mol. The van der Waals surface area contributed by atoms with Crippen molar-refractivity contribution >= 4 is 35.0 Å². The van der Waals surface area contributed by atoms with E-state index in [4.69, 9.17) is 11.6 Å². The van der Waals surface area contributed by atoms with E-state index in [1.807, 2.05) is 17.0 Å². The Morgan fingerprint density at radius 1 is 0.971 bits per heavy atom. The van der Waals surface area contributed by atoms with Crippen molar-refractivity contribution in [1.29, 1.82) is 0 Å². The van der Waals surface area contributed by atoms with E-state index in [1.54, 1.807) is 59.8 Å². The molecule has 3 heterocycles. The minimum Gasteiger partial charge on any atom is -0.378 e. The van der Waals surface area contributed by atoms with Crippen molar-refractivity contribution in [3.63, 3.8) is 0 Å². The number of amides is 3. The van der Waals surface area contributed by atoms with Gasteiger partial charge in [-0.05, 0) is 29.8 Å². The van der Waals surface area contributed by atoms with Crippen LogP contribution in [0.1, 0.15) is 37.9 Å². The van der Waals surface area contributed by atoms with Crippen LogP contribution in [0, 0.1) is 0 Å². The first-order valence-electron chi connectivity index (χ1n) is 11.3. The van der Waals surface area contributed by atoms with Gasteiger partial charge in [-0.2, -0.15) is 0 Å². The van der Waals surface area contributed by atoms with Crippen LogP contribution in [0.4, 0.5) is 5.69 Å². The molecule has 5 rings (SSSR count). The summed E-state index contributed by atoms with van der Waals surface area (Å²) in [4.78, 5) is 48.1. The molecule has 2 aliphatic heterocycles. The number of anilines is 1. The van der Waals surface area contributed by atoms with E-state index in [0.29, 0.717) is 53.6 Å². The van der Waals surface area contributed by atoms with E-state index in [2.05, 4.69) is 4.98 Å². The van der Waals surface area contributed by atoms with Crippen molar-refractivity contribution in [1.82, 2.24) is 14.8 Å². The first kappa shape index (κ1) is 23.0. The largest absolute Gasteiger partial charge is 0.378 e. The second-order valence-corrected chi connectivity index (χ2v) is 8.90. The van der Waals surface area contributed by atoms with Crippen molar-refractivity contribution in [3.05, 3.63) is 94.3 Å². The molecule has 0 radical (unpaired) electrons. The maximum Gasteiger partial charge on any atom is 0.263 e. The molecule has 1 aromatic heterocycles. The van der Waals surface area contributed by atoms with E-state index >= 15 is 0 Å². The lowest BCUT2D eigenvalue weighted by molar-refractivity contribution is -0.140. The number of imide groups is 1. The molecule has 0 bridgehead atoms. The third kappa shape index (κ3) is 4.26. The molecule has 2 aromatic carbocycles. The number of carbonyl (C=O) groups excluding carboxylic acids is 3. The summed E-state index contributed by atoms with van der Waals surface area (Å²) in [6.07, 6.45) is 1.94. The maximum absolute atomic E-state index is 13.3. The van der Waals surface area contributed by atoms with Gasteiger partial charge >= 0.3 is 0 Å². The number of hydrogen-bond donors (Lipinski definition) is 1. The number of carbonyl (C=O) groups is 3. The van der Waals surface area contributed by atoms with E-state index < -0.39 is 12.0 Å². The Morgan fingerprint density at radius 3 is 2.46 bits per heavy atom. The summed E-state index contributed by atoms with van der Waals surface area (Å²) < 4.78 is 0. The average molecular weight is 491 g/mol. The van der Waals surface area contributed by atoms with Crippen molar-refractivity contribution in [2.45, 2.75) is 12.6 Å². The normalized spacial score (nSPS) is 16.5. The standard InChI is InChI=1S/C26H23ClN4O4/c27-20-8-2-1-6-18(20)23(32)26(35)30-13-11-29(12-14-30)21-9-3-7-19-22(21)25(34)31(24(19)33)16-17-5-4-10-28-15-17/h1-10,15,23,32H,11-14,16H2/t23-/m0/s1. The zero-order valence-electron chi connectivity index (χ0n) is 18.8. The van der Waals surface area contributed by atoms with Crippen molar-refractivity contribution in [2.24, 2.45) is 0 Å². The summed E-state index contributed by atoms with van der Waals surface area (Å²) in [6, 6.07) is 15.6. The number of aliphatic hydroxyl groups excluding tert-OH is 1. The lowest BCUT2D eigenvalue weighted by Gasteiger charge is -2.37. The molecule has 0 spiro atoms. The summed E-state index contributed by atoms with van der Waals surface area (Å²) >= 11 is 6.14. The van der Waals surface area contributed by atoms with Crippen molar-refractivity contribution in [2.75, 3.05) is 31.1 Å². The van der Waals surface area contributed by atoms with Crippen LogP contribution in [0.5, 0.6) is 0 Å². The van der Waals surface area contributed by atoms with Gasteiger partial charge in [0.2, 0.25) is 0 Å². The fourth-order valence-corrected chi connectivity index (χ4v) is 4.81. The third-order valence-electron chi connectivity index (χ3n) is 6.41. The summed E-state index contributed by atoms with van der Waals surface area (Å²) in [5, 5.41) is 10.9. The van der Waals surface area contributed by atoms with Crippen LogP contribution >= 0.6 is 11.6 Å². The third-order valence-corrected chi connectivity index (χ3v) is 6.75. The molecule has 0 unspecified atom stereocenters. The number of fused-ring (bicyclic) bond motifs is 1. The van der Waals surface area contributed by atoms with Gasteiger partial charge < -0.3 is 14.9 Å². The number of aliphatic hydroxyl groups is 1. The van der Waals surface area contributed by atoms with Gasteiger partial charge in [0, 0.05) is 49.2 Å². The molecule has 35 heavy (non-hydrogen) atoms. The Kier molecular flexibility index (Phi) is 6.23. The van der Waals surface area contributed by atoms with Crippen LogP contribution in [-0.4, -0.2) is 63.8 Å². The molecular weight excluding hydrogens is 468 g/mol. The Bertz CT molecular complexity index is 1290. The van der Waals surface area contributed by atoms with E-state index in [-0.39, 0.29) is 18.4 Å². The van der Waals surface area contributed by atoms with Gasteiger partial charge in [-0.15, -0.1) is 0 Å². The minimum atomic E-state index is -1.34. The molecule has 2 aliphatic rings. The van der Waals surface area contributed by atoms with Crippen LogP contribution in [0.3, 0.4) is 0 Å². The highest BCUT2D eigenvalue weighted by atomic mass is 35.5. The molecule has 178 valence electrons. The fraction of sp³-hybridized carbons (Fsp3) is 0.231. The molecular formula is C26H23ClN4O4. The first-order chi connectivity index (χ1) is 17.0. The lowest BCUT2D eigenvalue weighted by atomic mass is 10.1. The summed E-state index contributed by atoms with van der Waals surface area (Å²) in [6.45, 7) is 1.81. The predicted octanol–water partition coefficient (Wildman–Crippen LogP) is 2.91. The molecule has 1 N–H and O–H groups in total. The van der Waals surface area contributed by atoms with E-state index in [9.17, 15) is 19.5 Å². The number of nitrogens with zero attached hydrogens (tertiary/aromatic N) is 4. The molecule has 9 heteroatoms. The Labute approximate surface area is 207 Å². The van der Waals surface area contributed by atoms with Crippen LogP contribution in [0.25, 0.3) is 0 Å². The monoisotopic (exact) mass is 490 g/mol. The highest BCUT2D eigenvalue weighted by molar-refractivity contribution is 6.31. The molecule has 1 atom stereocenters. The van der Waals surface area contributed by atoms with Gasteiger partial charge in [0.25, 0.3) is 17.7 Å². The second kappa shape index (κ2) is 9.48. The van der Waals surface area contributed by atoms with E-state index in [0.717, 1.165) is 5.56 Å². The smallest absolute Gasteiger partial charge is 0.263 e. The molecule has 3 amide bonds. The Balaban J connectivity index is 1.31. The molecule has 3 aromatic rings. The van der Waals surface area contributed by atoms with Crippen LogP contribution in [-0.2, 0) is 11.3 Å². The highest BCUT2D eigenvalue weighted by Crippen LogP contribution is 2.33. The lowest BCUT2D eigenvalue weighted by Crippen LogP contribution is -2.50. The summed E-state index contributed by atoms with van der Waals surface area (Å²) in [5.74, 6) is -1.07. The summed E-state index contributed by atoms with van der Waals surface area (Å²) in [5.41, 5.74) is 2.59. The van der Waals surface area contributed by atoms with Gasteiger partial charge in [0.05, 0.1) is 23.4 Å². The van der Waals surface area contributed by atoms with Gasteiger partial charge in [0.15, 0.2) is 6.10 Å². The molecule has 1 fully saturated rings. The molecule has 0 aliphatic carbocycles. The zero-order valence-corrected chi connectivity index (χ0v) is 19.6. The Hall–Kier alpha value is -3.75. The SMILES string of the molecule is O=C([C@@H](O)c1ccccc1Cl)N1CCN(c2cccc3c2C(=O)N(Cc2cccnc2)C3=O)CC1. The topological polar surface area (TPSA) is 94.1 Å². The first-order valence-corrected chi connectivity index (χ1v) is 11.7. The van der Waals surface area contributed by atoms with E-state index in [1.165, 1.54) is 4.90 Å². The minimum absolute atomic E-state index is 0.155. The number of benzene rings is 2. The number of hydrogen-bond acceptors (Lipinski definition) is 6. The van der Waals surface area contributed by atoms with Gasteiger partial charge in [-0.25, -0.2) is 0 Å². The fourth-order valence-electron chi connectivity index (χ4n) is 4.57. The average Bonchev–Trinajstić information content (AvgIpc) is 3.14. The number of halogens is 1. The summed E-state index contributed by atoms with van der Waals surface area (Å²) in [7, 11) is 0. The number of rotatable bonds is 5. The second-order valence-electron chi connectivity index (χ2n) is 8.49. The van der Waals surface area contributed by atoms with Gasteiger partial charge in [-0.3, -0.25) is 24.3 Å². The molecule has 1 saturated heterocycles. The van der Waals surface area contributed by atoms with Crippen LogP contribution in [0.2, 0.25) is 5.02 Å². The quantitative estimate of drug-likeness (QED) is 0.553. The Morgan fingerprint density at radius 2 is 1.74 bits per heavy atom. The van der Waals surface area contributed by atoms with Gasteiger partial charge in [-0.1, -0.05) is 41.9 Å². The number of pyridine rings is 1. The van der Waals surface area contributed by atoms with Gasteiger partial charge in [0.1, 0.15) is 0 Å². The number of piperazine rings is 1. The van der Waals surface area contributed by atoms with Crippen molar-refractivity contribution in [3.8, 4) is 0 Å². The van der Waals surface area contributed by atoms with Crippen molar-refractivity contribution < 1.29 is 19.5 Å². The van der Waals surface area contributed by atoms with Crippen LogP contribution < -0.4 is 4.90 Å². The number of aromatic nitrogens is 1. The maximum atomic E-state index is 13.3. The van der Waals surface area contributed by atoms with Crippen LogP contribution in [0.15, 0.2) is 67.0 Å². The molecule has 0 saturated carbocycles. The molecule has 8 nitrogen and oxygen atoms in total.